The molecule has 144 valence electrons. The maximum atomic E-state index is 12.2. The molecule has 3 aromatic rings. The molecule has 0 atom stereocenters. The van der Waals surface area contributed by atoms with Crippen LogP contribution in [0.4, 0.5) is 11.4 Å². The summed E-state index contributed by atoms with van der Waals surface area (Å²) in [6, 6.07) is 15.8. The third kappa shape index (κ3) is 5.34. The van der Waals surface area contributed by atoms with Crippen molar-refractivity contribution in [3.8, 4) is 11.5 Å². The molecular weight excluding hydrogens is 444 g/mol. The fourth-order valence-corrected chi connectivity index (χ4v) is 3.22. The summed E-state index contributed by atoms with van der Waals surface area (Å²) in [6.07, 6.45) is 0. The number of thiophene rings is 1. The fourth-order valence-electron chi connectivity index (χ4n) is 2.34. The molecule has 0 spiro atoms. The Hall–Kier alpha value is -2.84. The SMILES string of the molecule is COc1cc(NC(=O)COc2ccc(Br)cc2)ccc1NC(=O)c1cccs1. The third-order valence-corrected chi connectivity index (χ3v) is 5.06. The Balaban J connectivity index is 1.60. The first-order valence-corrected chi connectivity index (χ1v) is 9.93. The summed E-state index contributed by atoms with van der Waals surface area (Å²) in [4.78, 5) is 24.9. The number of anilines is 2. The number of amides is 2. The lowest BCUT2D eigenvalue weighted by atomic mass is 10.2. The first-order chi connectivity index (χ1) is 13.5. The molecule has 8 heteroatoms. The minimum Gasteiger partial charge on any atom is -0.494 e. The minimum atomic E-state index is -0.305. The molecule has 0 saturated carbocycles. The Labute approximate surface area is 174 Å². The van der Waals surface area contributed by atoms with Crippen LogP contribution in [-0.4, -0.2) is 25.5 Å². The molecule has 28 heavy (non-hydrogen) atoms. The monoisotopic (exact) mass is 460 g/mol. The van der Waals surface area contributed by atoms with Crippen molar-refractivity contribution in [2.24, 2.45) is 0 Å². The number of methoxy groups -OCH3 is 1. The van der Waals surface area contributed by atoms with Crippen molar-refractivity contribution in [1.82, 2.24) is 0 Å². The molecule has 0 unspecified atom stereocenters. The second kappa shape index (κ2) is 9.38. The Morgan fingerprint density at radius 2 is 1.86 bits per heavy atom. The van der Waals surface area contributed by atoms with Crippen LogP contribution < -0.4 is 20.1 Å². The topological polar surface area (TPSA) is 76.7 Å². The molecule has 1 aromatic heterocycles. The standard InChI is InChI=1S/C20H17BrN2O4S/c1-26-17-11-14(6-9-16(17)23-20(25)18-3-2-10-28-18)22-19(24)12-27-15-7-4-13(21)5-8-15/h2-11H,12H2,1H3,(H,22,24)(H,23,25). The Bertz CT molecular complexity index is 959. The lowest BCUT2D eigenvalue weighted by Gasteiger charge is -2.12. The van der Waals surface area contributed by atoms with Gasteiger partial charge in [0.25, 0.3) is 11.8 Å². The van der Waals surface area contributed by atoms with E-state index in [1.807, 2.05) is 23.6 Å². The van der Waals surface area contributed by atoms with Gasteiger partial charge in [-0.2, -0.15) is 0 Å². The zero-order valence-electron chi connectivity index (χ0n) is 14.9. The van der Waals surface area contributed by atoms with E-state index in [9.17, 15) is 9.59 Å². The van der Waals surface area contributed by atoms with Gasteiger partial charge in [0.2, 0.25) is 0 Å². The molecular formula is C20H17BrN2O4S. The summed E-state index contributed by atoms with van der Waals surface area (Å²) in [5.74, 6) is 0.521. The van der Waals surface area contributed by atoms with Crippen molar-refractivity contribution in [2.75, 3.05) is 24.4 Å². The molecule has 0 aliphatic heterocycles. The number of benzene rings is 2. The number of nitrogens with one attached hydrogen (secondary N) is 2. The van der Waals surface area contributed by atoms with Gasteiger partial charge < -0.3 is 20.1 Å². The van der Waals surface area contributed by atoms with E-state index in [1.54, 1.807) is 36.4 Å². The van der Waals surface area contributed by atoms with Gasteiger partial charge in [0.1, 0.15) is 11.5 Å². The van der Waals surface area contributed by atoms with Crippen LogP contribution in [0.15, 0.2) is 64.5 Å². The lowest BCUT2D eigenvalue weighted by molar-refractivity contribution is -0.118. The highest BCUT2D eigenvalue weighted by Crippen LogP contribution is 2.29. The van der Waals surface area contributed by atoms with Crippen LogP contribution in [0.25, 0.3) is 0 Å². The molecule has 3 rings (SSSR count). The number of carbonyl (C=O) groups excluding carboxylic acids is 2. The smallest absolute Gasteiger partial charge is 0.265 e. The van der Waals surface area contributed by atoms with E-state index in [0.29, 0.717) is 27.8 Å². The molecule has 0 aliphatic carbocycles. The van der Waals surface area contributed by atoms with Crippen LogP contribution in [0, 0.1) is 0 Å². The van der Waals surface area contributed by atoms with Gasteiger partial charge >= 0.3 is 0 Å². The number of rotatable bonds is 7. The largest absolute Gasteiger partial charge is 0.494 e. The highest BCUT2D eigenvalue weighted by molar-refractivity contribution is 9.10. The van der Waals surface area contributed by atoms with Crippen molar-refractivity contribution < 1.29 is 19.1 Å². The van der Waals surface area contributed by atoms with Gasteiger partial charge in [-0.1, -0.05) is 22.0 Å². The predicted molar refractivity (Wildman–Crippen MR) is 114 cm³/mol. The van der Waals surface area contributed by atoms with E-state index < -0.39 is 0 Å². The molecule has 2 aromatic carbocycles. The van der Waals surface area contributed by atoms with Crippen molar-refractivity contribution >= 4 is 50.5 Å². The van der Waals surface area contributed by atoms with E-state index in [-0.39, 0.29) is 18.4 Å². The highest BCUT2D eigenvalue weighted by atomic mass is 79.9. The molecule has 1 heterocycles. The van der Waals surface area contributed by atoms with Gasteiger partial charge in [0.15, 0.2) is 6.61 Å². The van der Waals surface area contributed by atoms with Crippen molar-refractivity contribution in [2.45, 2.75) is 0 Å². The van der Waals surface area contributed by atoms with Crippen molar-refractivity contribution in [1.29, 1.82) is 0 Å². The molecule has 0 bridgehead atoms. The van der Waals surface area contributed by atoms with Crippen LogP contribution in [-0.2, 0) is 4.79 Å². The third-order valence-electron chi connectivity index (χ3n) is 3.66. The van der Waals surface area contributed by atoms with E-state index >= 15 is 0 Å². The van der Waals surface area contributed by atoms with Gasteiger partial charge in [0, 0.05) is 16.2 Å². The van der Waals surface area contributed by atoms with E-state index in [2.05, 4.69) is 26.6 Å². The Morgan fingerprint density at radius 3 is 2.54 bits per heavy atom. The molecule has 0 saturated heterocycles. The van der Waals surface area contributed by atoms with Gasteiger partial charge in [-0.3, -0.25) is 9.59 Å². The van der Waals surface area contributed by atoms with Gasteiger partial charge in [-0.15, -0.1) is 11.3 Å². The number of carbonyl (C=O) groups is 2. The van der Waals surface area contributed by atoms with Crippen LogP contribution in [0.5, 0.6) is 11.5 Å². The summed E-state index contributed by atoms with van der Waals surface area (Å²) in [6.45, 7) is -0.124. The fraction of sp³-hybridized carbons (Fsp3) is 0.100. The summed E-state index contributed by atoms with van der Waals surface area (Å²) in [5, 5.41) is 7.38. The average molecular weight is 461 g/mol. The number of halogens is 1. The quantitative estimate of drug-likeness (QED) is 0.531. The summed E-state index contributed by atoms with van der Waals surface area (Å²) < 4.78 is 11.7. The van der Waals surface area contributed by atoms with Crippen LogP contribution >= 0.6 is 27.3 Å². The minimum absolute atomic E-state index is 0.124. The first-order valence-electron chi connectivity index (χ1n) is 8.26. The van der Waals surface area contributed by atoms with E-state index in [0.717, 1.165) is 4.47 Å². The van der Waals surface area contributed by atoms with Crippen LogP contribution in [0.2, 0.25) is 0 Å². The Morgan fingerprint density at radius 1 is 1.07 bits per heavy atom. The predicted octanol–water partition coefficient (Wildman–Crippen LogP) is 4.79. The molecule has 2 N–H and O–H groups in total. The maximum absolute atomic E-state index is 12.2. The zero-order valence-corrected chi connectivity index (χ0v) is 17.3. The zero-order chi connectivity index (χ0) is 19.9. The summed E-state index contributed by atoms with van der Waals surface area (Å²) in [5.41, 5.74) is 1.06. The van der Waals surface area contributed by atoms with Gasteiger partial charge in [-0.25, -0.2) is 0 Å². The van der Waals surface area contributed by atoms with Crippen molar-refractivity contribution in [3.05, 3.63) is 69.3 Å². The molecule has 0 aliphatic rings. The van der Waals surface area contributed by atoms with Crippen molar-refractivity contribution in [3.63, 3.8) is 0 Å². The molecule has 0 radical (unpaired) electrons. The highest BCUT2D eigenvalue weighted by Gasteiger charge is 2.12. The maximum Gasteiger partial charge on any atom is 0.265 e. The molecule has 2 amide bonds. The summed E-state index contributed by atoms with van der Waals surface area (Å²) in [7, 11) is 1.50. The van der Waals surface area contributed by atoms with Crippen LogP contribution in [0.3, 0.4) is 0 Å². The number of hydrogen-bond acceptors (Lipinski definition) is 5. The van der Waals surface area contributed by atoms with E-state index in [1.165, 1.54) is 18.4 Å². The van der Waals surface area contributed by atoms with Gasteiger partial charge in [0.05, 0.1) is 17.7 Å². The first kappa shape index (κ1) is 19.9. The van der Waals surface area contributed by atoms with E-state index in [4.69, 9.17) is 9.47 Å². The second-order valence-electron chi connectivity index (χ2n) is 5.64. The average Bonchev–Trinajstić information content (AvgIpc) is 3.23. The van der Waals surface area contributed by atoms with Crippen LogP contribution in [0.1, 0.15) is 9.67 Å². The second-order valence-corrected chi connectivity index (χ2v) is 7.50. The lowest BCUT2D eigenvalue weighted by Crippen LogP contribution is -2.20. The molecule has 0 fully saturated rings. The summed E-state index contributed by atoms with van der Waals surface area (Å²) >= 11 is 4.70. The number of ether oxygens (including phenoxy) is 2. The molecule has 6 nitrogen and oxygen atoms in total. The number of hydrogen-bond donors (Lipinski definition) is 2. The van der Waals surface area contributed by atoms with Gasteiger partial charge in [-0.05, 0) is 47.8 Å². The normalized spacial score (nSPS) is 10.2. The Kier molecular flexibility index (Phi) is 6.67.